The highest BCUT2D eigenvalue weighted by molar-refractivity contribution is 14.0. The summed E-state index contributed by atoms with van der Waals surface area (Å²) in [7, 11) is 1.78. The second-order valence-electron chi connectivity index (χ2n) is 6.53. The minimum atomic E-state index is 0. The highest BCUT2D eigenvalue weighted by Gasteiger charge is 2.07. The predicted molar refractivity (Wildman–Crippen MR) is 128 cm³/mol. The average Bonchev–Trinajstić information content (AvgIpc) is 3.23. The fourth-order valence-corrected chi connectivity index (χ4v) is 2.81. The molecule has 29 heavy (non-hydrogen) atoms. The smallest absolute Gasteiger partial charge is 0.191 e. The van der Waals surface area contributed by atoms with Crippen LogP contribution >= 0.6 is 24.0 Å². The number of ether oxygens (including phenoxy) is 1. The maximum atomic E-state index is 6.09. The van der Waals surface area contributed by atoms with Gasteiger partial charge >= 0.3 is 0 Å². The molecule has 3 aromatic rings. The Morgan fingerprint density at radius 1 is 1.14 bits per heavy atom. The highest BCUT2D eigenvalue weighted by atomic mass is 127. The number of aliphatic imine (C=N–C) groups is 1. The zero-order valence-corrected chi connectivity index (χ0v) is 19.2. The monoisotopic (exact) mass is 505 g/mol. The molecule has 0 bridgehead atoms. The first-order valence-corrected chi connectivity index (χ1v) is 9.47. The molecule has 0 aliphatic heterocycles. The molecule has 0 atom stereocenters. The third-order valence-corrected chi connectivity index (χ3v) is 4.31. The number of aromatic nitrogens is 2. The number of guanidine groups is 1. The molecule has 0 radical (unpaired) electrons. The Morgan fingerprint density at radius 2 is 1.97 bits per heavy atom. The van der Waals surface area contributed by atoms with Crippen LogP contribution in [0, 0.1) is 6.92 Å². The van der Waals surface area contributed by atoms with Crippen molar-refractivity contribution < 1.29 is 4.74 Å². The van der Waals surface area contributed by atoms with Crippen molar-refractivity contribution in [1.29, 1.82) is 0 Å². The standard InChI is InChI=1S/C22H27N5O.HI/c1-18-9-10-19(21(15-18)28-20-7-4-3-5-8-20)16-26-22(23-2)25-11-6-13-27-14-12-24-17-27;/h3-5,7-10,12,14-15,17H,6,11,13,16H2,1-2H3,(H2,23,25,26);1H. The Morgan fingerprint density at radius 3 is 2.69 bits per heavy atom. The zero-order valence-electron chi connectivity index (χ0n) is 16.8. The van der Waals surface area contributed by atoms with Crippen LogP contribution < -0.4 is 15.4 Å². The van der Waals surface area contributed by atoms with E-state index in [9.17, 15) is 0 Å². The van der Waals surface area contributed by atoms with Gasteiger partial charge < -0.3 is 19.9 Å². The summed E-state index contributed by atoms with van der Waals surface area (Å²) in [5, 5.41) is 6.71. The van der Waals surface area contributed by atoms with E-state index in [1.54, 1.807) is 13.2 Å². The van der Waals surface area contributed by atoms with E-state index in [4.69, 9.17) is 4.74 Å². The van der Waals surface area contributed by atoms with Crippen LogP contribution in [0.2, 0.25) is 0 Å². The lowest BCUT2D eigenvalue weighted by atomic mass is 10.1. The van der Waals surface area contributed by atoms with Crippen molar-refractivity contribution in [3.05, 3.63) is 78.4 Å². The number of hydrogen-bond donors (Lipinski definition) is 2. The van der Waals surface area contributed by atoms with Crippen LogP contribution in [0.3, 0.4) is 0 Å². The van der Waals surface area contributed by atoms with Gasteiger partial charge in [0.05, 0.1) is 6.33 Å². The van der Waals surface area contributed by atoms with Gasteiger partial charge in [0.1, 0.15) is 11.5 Å². The summed E-state index contributed by atoms with van der Waals surface area (Å²) in [6.07, 6.45) is 6.59. The Balaban J connectivity index is 0.00000300. The molecule has 1 aromatic heterocycles. The lowest BCUT2D eigenvalue weighted by Crippen LogP contribution is -2.37. The number of nitrogens with one attached hydrogen (secondary N) is 2. The molecule has 2 N–H and O–H groups in total. The van der Waals surface area contributed by atoms with Crippen molar-refractivity contribution in [1.82, 2.24) is 20.2 Å². The van der Waals surface area contributed by atoms with Gasteiger partial charge in [0.2, 0.25) is 0 Å². The summed E-state index contributed by atoms with van der Waals surface area (Å²) >= 11 is 0. The molecular formula is C22H28IN5O. The van der Waals surface area contributed by atoms with E-state index in [1.165, 1.54) is 0 Å². The van der Waals surface area contributed by atoms with Crippen LogP contribution in [0.25, 0.3) is 0 Å². The number of nitrogens with zero attached hydrogens (tertiary/aromatic N) is 3. The van der Waals surface area contributed by atoms with E-state index in [0.717, 1.165) is 48.1 Å². The van der Waals surface area contributed by atoms with Gasteiger partial charge in [-0.2, -0.15) is 0 Å². The molecule has 0 aliphatic rings. The summed E-state index contributed by atoms with van der Waals surface area (Å²) in [6, 6.07) is 16.1. The Kier molecular flexibility index (Phi) is 9.49. The van der Waals surface area contributed by atoms with Crippen LogP contribution in [0.15, 0.2) is 72.2 Å². The van der Waals surface area contributed by atoms with Gasteiger partial charge in [0.25, 0.3) is 0 Å². The molecule has 0 saturated heterocycles. The highest BCUT2D eigenvalue weighted by Crippen LogP contribution is 2.26. The second kappa shape index (κ2) is 12.1. The lowest BCUT2D eigenvalue weighted by Gasteiger charge is -2.15. The molecule has 6 nitrogen and oxygen atoms in total. The second-order valence-corrected chi connectivity index (χ2v) is 6.53. The number of benzene rings is 2. The first-order valence-electron chi connectivity index (χ1n) is 9.47. The number of hydrogen-bond acceptors (Lipinski definition) is 3. The van der Waals surface area contributed by atoms with Gasteiger partial charge in [0.15, 0.2) is 5.96 Å². The Hall–Kier alpha value is -2.55. The zero-order chi connectivity index (χ0) is 19.6. The average molecular weight is 505 g/mol. The number of para-hydroxylation sites is 1. The minimum Gasteiger partial charge on any atom is -0.457 e. The molecule has 0 amide bonds. The first-order chi connectivity index (χ1) is 13.7. The van der Waals surface area contributed by atoms with Gasteiger partial charge in [-0.15, -0.1) is 24.0 Å². The van der Waals surface area contributed by atoms with E-state index in [2.05, 4.69) is 50.3 Å². The van der Waals surface area contributed by atoms with Crippen LogP contribution in [-0.2, 0) is 13.1 Å². The number of halogens is 1. The molecule has 1 heterocycles. The molecule has 0 fully saturated rings. The molecule has 2 aromatic carbocycles. The predicted octanol–water partition coefficient (Wildman–Crippen LogP) is 4.36. The van der Waals surface area contributed by atoms with E-state index in [1.807, 2.05) is 42.9 Å². The van der Waals surface area contributed by atoms with Crippen molar-refractivity contribution in [2.75, 3.05) is 13.6 Å². The summed E-state index contributed by atoms with van der Waals surface area (Å²) in [4.78, 5) is 8.36. The molecular weight excluding hydrogens is 477 g/mol. The fraction of sp³-hybridized carbons (Fsp3) is 0.273. The van der Waals surface area contributed by atoms with Gasteiger partial charge in [-0.05, 0) is 37.1 Å². The molecule has 0 spiro atoms. The third kappa shape index (κ3) is 7.41. The molecule has 3 rings (SSSR count). The van der Waals surface area contributed by atoms with Gasteiger partial charge in [-0.3, -0.25) is 4.99 Å². The lowest BCUT2D eigenvalue weighted by molar-refractivity contribution is 0.474. The molecule has 0 saturated carbocycles. The van der Waals surface area contributed by atoms with Crippen molar-refractivity contribution in [2.24, 2.45) is 4.99 Å². The largest absolute Gasteiger partial charge is 0.457 e. The van der Waals surface area contributed by atoms with E-state index in [0.29, 0.717) is 6.54 Å². The van der Waals surface area contributed by atoms with E-state index < -0.39 is 0 Å². The number of imidazole rings is 1. The maximum absolute atomic E-state index is 6.09. The van der Waals surface area contributed by atoms with Gasteiger partial charge in [-0.25, -0.2) is 4.98 Å². The topological polar surface area (TPSA) is 63.5 Å². The Bertz CT molecular complexity index is 881. The SMILES string of the molecule is CN=C(NCCCn1ccnc1)NCc1ccc(C)cc1Oc1ccccc1.I. The normalized spacial score (nSPS) is 10.9. The van der Waals surface area contributed by atoms with Gasteiger partial charge in [0, 0.05) is 44.6 Å². The van der Waals surface area contributed by atoms with Crippen LogP contribution in [0.1, 0.15) is 17.5 Å². The van der Waals surface area contributed by atoms with Crippen LogP contribution in [-0.4, -0.2) is 29.1 Å². The number of rotatable bonds is 8. The maximum Gasteiger partial charge on any atom is 0.191 e. The van der Waals surface area contributed by atoms with E-state index >= 15 is 0 Å². The Labute approximate surface area is 189 Å². The quantitative estimate of drug-likeness (QED) is 0.207. The van der Waals surface area contributed by atoms with Crippen molar-refractivity contribution in [3.63, 3.8) is 0 Å². The third-order valence-electron chi connectivity index (χ3n) is 4.31. The van der Waals surface area contributed by atoms with Crippen LogP contribution in [0.5, 0.6) is 11.5 Å². The molecule has 7 heteroatoms. The first kappa shape index (κ1) is 22.7. The molecule has 154 valence electrons. The van der Waals surface area contributed by atoms with E-state index in [-0.39, 0.29) is 24.0 Å². The molecule has 0 unspecified atom stereocenters. The number of aryl methyl sites for hydroxylation is 2. The van der Waals surface area contributed by atoms with Crippen molar-refractivity contribution in [3.8, 4) is 11.5 Å². The fourth-order valence-electron chi connectivity index (χ4n) is 2.81. The summed E-state index contributed by atoms with van der Waals surface area (Å²) in [5.74, 6) is 2.46. The molecule has 0 aliphatic carbocycles. The van der Waals surface area contributed by atoms with Crippen LogP contribution in [0.4, 0.5) is 0 Å². The van der Waals surface area contributed by atoms with Gasteiger partial charge in [-0.1, -0.05) is 30.3 Å². The minimum absolute atomic E-state index is 0. The summed E-state index contributed by atoms with van der Waals surface area (Å²) in [6.45, 7) is 4.45. The van der Waals surface area contributed by atoms with Crippen molar-refractivity contribution in [2.45, 2.75) is 26.4 Å². The summed E-state index contributed by atoms with van der Waals surface area (Å²) in [5.41, 5.74) is 2.24. The summed E-state index contributed by atoms with van der Waals surface area (Å²) < 4.78 is 8.15. The van der Waals surface area contributed by atoms with Crippen molar-refractivity contribution >= 4 is 29.9 Å².